The first-order valence-corrected chi connectivity index (χ1v) is 7.76. The lowest BCUT2D eigenvalue weighted by atomic mass is 9.87. The average Bonchev–Trinajstić information content (AvgIpc) is 2.52. The fraction of sp³-hybridized carbons (Fsp3) is 0.625. The van der Waals surface area contributed by atoms with E-state index in [1.807, 2.05) is 0 Å². The van der Waals surface area contributed by atoms with Gasteiger partial charge in [0.15, 0.2) is 0 Å². The molecule has 1 heterocycles. The van der Waals surface area contributed by atoms with Gasteiger partial charge in [-0.2, -0.15) is 0 Å². The summed E-state index contributed by atoms with van der Waals surface area (Å²) in [5, 5.41) is 23.5. The van der Waals surface area contributed by atoms with Gasteiger partial charge in [0, 0.05) is 25.1 Å². The lowest BCUT2D eigenvalue weighted by molar-refractivity contribution is -0.384. The number of nitrogens with one attached hydrogen (secondary N) is 1. The lowest BCUT2D eigenvalue weighted by Crippen LogP contribution is -2.37. The normalized spacial score (nSPS) is 21.8. The molecule has 0 aromatic heterocycles. The van der Waals surface area contributed by atoms with Crippen molar-refractivity contribution in [1.29, 1.82) is 0 Å². The Balaban J connectivity index is 2.10. The molecule has 0 amide bonds. The number of hydrogen-bond acceptors (Lipinski definition) is 5. The minimum absolute atomic E-state index is 0.0371. The number of rotatable bonds is 6. The highest BCUT2D eigenvalue weighted by molar-refractivity contribution is 5.62. The van der Waals surface area contributed by atoms with Crippen molar-refractivity contribution in [2.45, 2.75) is 39.4 Å². The number of aliphatic hydroxyl groups is 1. The van der Waals surface area contributed by atoms with Crippen LogP contribution in [-0.4, -0.2) is 29.3 Å². The summed E-state index contributed by atoms with van der Waals surface area (Å²) in [6.45, 7) is 5.57. The van der Waals surface area contributed by atoms with Crippen LogP contribution in [0.2, 0.25) is 0 Å². The Morgan fingerprint density at radius 2 is 2.27 bits per heavy atom. The summed E-state index contributed by atoms with van der Waals surface area (Å²) in [5.41, 5.74) is 1.16. The van der Waals surface area contributed by atoms with Crippen molar-refractivity contribution >= 4 is 11.4 Å². The smallest absolute Gasteiger partial charge is 0.292 e. The molecule has 1 aliphatic heterocycles. The number of benzene rings is 1. The molecule has 2 N–H and O–H groups in total. The largest absolute Gasteiger partial charge is 0.392 e. The highest BCUT2D eigenvalue weighted by Gasteiger charge is 2.28. The van der Waals surface area contributed by atoms with Crippen LogP contribution in [0.5, 0.6) is 0 Å². The predicted molar refractivity (Wildman–Crippen MR) is 84.8 cm³/mol. The van der Waals surface area contributed by atoms with E-state index >= 15 is 0 Å². The van der Waals surface area contributed by atoms with Gasteiger partial charge in [-0.1, -0.05) is 13.8 Å². The maximum Gasteiger partial charge on any atom is 0.292 e. The van der Waals surface area contributed by atoms with E-state index in [1.54, 1.807) is 12.1 Å². The van der Waals surface area contributed by atoms with Crippen molar-refractivity contribution < 1.29 is 14.8 Å². The van der Waals surface area contributed by atoms with Crippen LogP contribution < -0.4 is 5.32 Å². The molecule has 2 atom stereocenters. The van der Waals surface area contributed by atoms with E-state index in [0.29, 0.717) is 29.6 Å². The van der Waals surface area contributed by atoms with Crippen molar-refractivity contribution in [2.75, 3.05) is 18.5 Å². The molecule has 22 heavy (non-hydrogen) atoms. The Morgan fingerprint density at radius 3 is 2.91 bits per heavy atom. The number of nitro groups is 1. The van der Waals surface area contributed by atoms with Crippen LogP contribution in [-0.2, 0) is 11.3 Å². The Kier molecular flexibility index (Phi) is 5.74. The SMILES string of the molecule is CC(C)C1OCCCC1CNc1cc(CO)ccc1[N+](=O)[O-]. The first-order chi connectivity index (χ1) is 10.5. The third-order valence-corrected chi connectivity index (χ3v) is 4.15. The van der Waals surface area contributed by atoms with E-state index in [-0.39, 0.29) is 18.4 Å². The van der Waals surface area contributed by atoms with Gasteiger partial charge in [0.2, 0.25) is 0 Å². The third kappa shape index (κ3) is 3.96. The minimum atomic E-state index is -0.402. The summed E-state index contributed by atoms with van der Waals surface area (Å²) in [6.07, 6.45) is 2.26. The molecule has 0 bridgehead atoms. The molecule has 1 aliphatic rings. The summed E-state index contributed by atoms with van der Waals surface area (Å²) < 4.78 is 5.85. The van der Waals surface area contributed by atoms with Crippen molar-refractivity contribution in [1.82, 2.24) is 0 Å². The molecule has 0 saturated carbocycles. The highest BCUT2D eigenvalue weighted by atomic mass is 16.6. The third-order valence-electron chi connectivity index (χ3n) is 4.15. The van der Waals surface area contributed by atoms with Crippen LogP contribution >= 0.6 is 0 Å². The molecule has 1 aromatic rings. The molecule has 1 saturated heterocycles. The second-order valence-electron chi connectivity index (χ2n) is 6.13. The van der Waals surface area contributed by atoms with Gasteiger partial charge in [-0.15, -0.1) is 0 Å². The van der Waals surface area contributed by atoms with E-state index in [1.165, 1.54) is 6.07 Å². The van der Waals surface area contributed by atoms with Gasteiger partial charge >= 0.3 is 0 Å². The first kappa shape index (κ1) is 16.7. The topological polar surface area (TPSA) is 84.6 Å². The summed E-state index contributed by atoms with van der Waals surface area (Å²) in [7, 11) is 0. The molecule has 122 valence electrons. The van der Waals surface area contributed by atoms with Crippen LogP contribution in [0, 0.1) is 22.0 Å². The molecule has 0 aliphatic carbocycles. The van der Waals surface area contributed by atoms with Crippen LogP contribution in [0.4, 0.5) is 11.4 Å². The average molecular weight is 308 g/mol. The van der Waals surface area contributed by atoms with Crippen molar-refractivity contribution in [2.24, 2.45) is 11.8 Å². The van der Waals surface area contributed by atoms with Gasteiger partial charge in [-0.25, -0.2) is 0 Å². The summed E-state index contributed by atoms with van der Waals surface area (Å²) >= 11 is 0. The molecule has 0 radical (unpaired) electrons. The fourth-order valence-electron chi connectivity index (χ4n) is 3.04. The van der Waals surface area contributed by atoms with E-state index in [2.05, 4.69) is 19.2 Å². The number of ether oxygens (including phenoxy) is 1. The number of nitro benzene ring substituents is 1. The molecular formula is C16H24N2O4. The van der Waals surface area contributed by atoms with Crippen molar-refractivity contribution in [3.8, 4) is 0 Å². The van der Waals surface area contributed by atoms with Crippen LogP contribution in [0.15, 0.2) is 18.2 Å². The van der Waals surface area contributed by atoms with Gasteiger partial charge < -0.3 is 15.2 Å². The number of nitrogens with zero attached hydrogens (tertiary/aromatic N) is 1. The molecule has 0 spiro atoms. The van der Waals surface area contributed by atoms with Gasteiger partial charge in [0.25, 0.3) is 5.69 Å². The van der Waals surface area contributed by atoms with Crippen LogP contribution in [0.25, 0.3) is 0 Å². The second kappa shape index (κ2) is 7.56. The van der Waals surface area contributed by atoms with Crippen LogP contribution in [0.3, 0.4) is 0 Å². The summed E-state index contributed by atoms with van der Waals surface area (Å²) in [5.74, 6) is 0.761. The predicted octanol–water partition coefficient (Wildman–Crippen LogP) is 2.95. The Bertz CT molecular complexity index is 519. The number of anilines is 1. The van der Waals surface area contributed by atoms with Crippen molar-refractivity contribution in [3.05, 3.63) is 33.9 Å². The molecule has 6 nitrogen and oxygen atoms in total. The standard InChI is InChI=1S/C16H24N2O4/c1-11(2)16-13(4-3-7-22-16)9-17-14-8-12(10-19)5-6-15(14)18(20)21/h5-6,8,11,13,16-17,19H,3-4,7,9-10H2,1-2H3. The monoisotopic (exact) mass is 308 g/mol. The maximum atomic E-state index is 11.1. The quantitative estimate of drug-likeness (QED) is 0.623. The molecular weight excluding hydrogens is 284 g/mol. The highest BCUT2D eigenvalue weighted by Crippen LogP contribution is 2.29. The van der Waals surface area contributed by atoms with Crippen molar-refractivity contribution in [3.63, 3.8) is 0 Å². The molecule has 6 heteroatoms. The van der Waals surface area contributed by atoms with Gasteiger partial charge in [0.1, 0.15) is 5.69 Å². The molecule has 2 unspecified atom stereocenters. The maximum absolute atomic E-state index is 11.1. The first-order valence-electron chi connectivity index (χ1n) is 7.76. The Labute approximate surface area is 130 Å². The zero-order chi connectivity index (χ0) is 16.1. The summed E-state index contributed by atoms with van der Waals surface area (Å²) in [4.78, 5) is 10.7. The molecule has 2 rings (SSSR count). The number of hydrogen-bond donors (Lipinski definition) is 2. The van der Waals surface area contributed by atoms with Gasteiger partial charge in [-0.3, -0.25) is 10.1 Å². The van der Waals surface area contributed by atoms with Crippen LogP contribution in [0.1, 0.15) is 32.3 Å². The lowest BCUT2D eigenvalue weighted by Gasteiger charge is -2.34. The number of aliphatic hydroxyl groups excluding tert-OH is 1. The molecule has 1 aromatic carbocycles. The summed E-state index contributed by atoms with van der Waals surface area (Å²) in [6, 6.07) is 4.65. The van der Waals surface area contributed by atoms with E-state index in [0.717, 1.165) is 19.4 Å². The minimum Gasteiger partial charge on any atom is -0.392 e. The van der Waals surface area contributed by atoms with Gasteiger partial charge in [-0.05, 0) is 36.5 Å². The zero-order valence-electron chi connectivity index (χ0n) is 13.1. The zero-order valence-corrected chi connectivity index (χ0v) is 13.1. The second-order valence-corrected chi connectivity index (χ2v) is 6.13. The van der Waals surface area contributed by atoms with E-state index < -0.39 is 4.92 Å². The Hall–Kier alpha value is -1.66. The fourth-order valence-corrected chi connectivity index (χ4v) is 3.04. The van der Waals surface area contributed by atoms with Gasteiger partial charge in [0.05, 0.1) is 17.6 Å². The Morgan fingerprint density at radius 1 is 1.50 bits per heavy atom. The van der Waals surface area contributed by atoms with E-state index in [4.69, 9.17) is 4.74 Å². The van der Waals surface area contributed by atoms with E-state index in [9.17, 15) is 15.2 Å². The molecule has 1 fully saturated rings.